The van der Waals surface area contributed by atoms with E-state index < -0.39 is 0 Å². The molecule has 0 saturated carbocycles. The molecule has 6 nitrogen and oxygen atoms in total. The third-order valence-electron chi connectivity index (χ3n) is 5.05. The second-order valence-corrected chi connectivity index (χ2v) is 9.23. The van der Waals surface area contributed by atoms with Crippen molar-refractivity contribution in [3.63, 3.8) is 0 Å². The Kier molecular flexibility index (Phi) is 5.76. The molecule has 0 unspecified atom stereocenters. The zero-order valence-electron chi connectivity index (χ0n) is 16.7. The van der Waals surface area contributed by atoms with Crippen LogP contribution in [0.5, 0.6) is 0 Å². The monoisotopic (exact) mass is 429 g/mol. The normalized spacial score (nSPS) is 14.5. The summed E-state index contributed by atoms with van der Waals surface area (Å²) in [6.45, 7) is 8.23. The van der Waals surface area contributed by atoms with Crippen molar-refractivity contribution in [1.29, 1.82) is 0 Å². The summed E-state index contributed by atoms with van der Waals surface area (Å²) >= 11 is 2.96. The fraction of sp³-hybridized carbons (Fsp3) is 0.381. The van der Waals surface area contributed by atoms with Gasteiger partial charge in [0.15, 0.2) is 0 Å². The summed E-state index contributed by atoms with van der Waals surface area (Å²) in [5.74, 6) is 1.15. The minimum absolute atomic E-state index is 0.0421. The lowest BCUT2D eigenvalue weighted by Gasteiger charge is -2.26. The molecule has 1 saturated heterocycles. The number of morpholine rings is 1. The van der Waals surface area contributed by atoms with E-state index in [2.05, 4.69) is 42.0 Å². The molecule has 0 spiro atoms. The summed E-state index contributed by atoms with van der Waals surface area (Å²) in [6.07, 6.45) is 0. The van der Waals surface area contributed by atoms with E-state index >= 15 is 0 Å². The van der Waals surface area contributed by atoms with E-state index in [4.69, 9.17) is 4.74 Å². The SMILES string of the molecule is Cc1ccc(C)c(SCc2nc3sc(C(=O)N4CCOCC4)c(C)c3c(=O)[nH]2)c1. The average Bonchev–Trinajstić information content (AvgIpc) is 3.05. The molecule has 1 N–H and O–H groups in total. The third kappa shape index (κ3) is 4.10. The molecule has 152 valence electrons. The number of hydrogen-bond donors (Lipinski definition) is 1. The number of nitrogens with one attached hydrogen (secondary N) is 1. The molecule has 1 aliphatic rings. The molecule has 1 fully saturated rings. The number of rotatable bonds is 4. The Balaban J connectivity index is 1.62. The molecule has 0 radical (unpaired) electrons. The van der Waals surface area contributed by atoms with Crippen molar-refractivity contribution in [2.75, 3.05) is 26.3 Å². The van der Waals surface area contributed by atoms with Gasteiger partial charge in [-0.05, 0) is 38.0 Å². The van der Waals surface area contributed by atoms with Gasteiger partial charge in [-0.2, -0.15) is 0 Å². The van der Waals surface area contributed by atoms with Crippen LogP contribution in [0.25, 0.3) is 10.2 Å². The van der Waals surface area contributed by atoms with E-state index in [0.29, 0.717) is 58.5 Å². The molecule has 3 heterocycles. The van der Waals surface area contributed by atoms with E-state index in [1.165, 1.54) is 27.4 Å². The number of ether oxygens (including phenoxy) is 1. The summed E-state index contributed by atoms with van der Waals surface area (Å²) in [5.41, 5.74) is 2.94. The number of carbonyl (C=O) groups excluding carboxylic acids is 1. The Labute approximate surface area is 177 Å². The van der Waals surface area contributed by atoms with Gasteiger partial charge in [-0.1, -0.05) is 17.7 Å². The molecule has 2 aromatic heterocycles. The molecule has 1 aliphatic heterocycles. The number of aromatic amines is 1. The molecule has 4 rings (SSSR count). The van der Waals surface area contributed by atoms with Crippen LogP contribution < -0.4 is 5.56 Å². The Morgan fingerprint density at radius 1 is 1.28 bits per heavy atom. The zero-order chi connectivity index (χ0) is 20.5. The molecule has 0 bridgehead atoms. The van der Waals surface area contributed by atoms with Crippen LogP contribution in [0.3, 0.4) is 0 Å². The van der Waals surface area contributed by atoms with Crippen LogP contribution in [0, 0.1) is 20.8 Å². The molecular weight excluding hydrogens is 406 g/mol. The van der Waals surface area contributed by atoms with E-state index in [9.17, 15) is 9.59 Å². The van der Waals surface area contributed by atoms with Gasteiger partial charge in [0.25, 0.3) is 11.5 Å². The Hall–Kier alpha value is -2.16. The number of carbonyl (C=O) groups is 1. The van der Waals surface area contributed by atoms with Gasteiger partial charge in [0.1, 0.15) is 10.7 Å². The number of nitrogens with zero attached hydrogens (tertiary/aromatic N) is 2. The highest BCUT2D eigenvalue weighted by Crippen LogP contribution is 2.30. The molecule has 0 aliphatic carbocycles. The largest absolute Gasteiger partial charge is 0.378 e. The molecule has 0 atom stereocenters. The van der Waals surface area contributed by atoms with Crippen molar-refractivity contribution in [2.24, 2.45) is 0 Å². The van der Waals surface area contributed by atoms with Crippen molar-refractivity contribution in [3.8, 4) is 0 Å². The van der Waals surface area contributed by atoms with Crippen LogP contribution in [0.15, 0.2) is 27.9 Å². The summed E-state index contributed by atoms with van der Waals surface area (Å²) in [7, 11) is 0. The summed E-state index contributed by atoms with van der Waals surface area (Å²) in [6, 6.07) is 6.33. The van der Waals surface area contributed by atoms with E-state index in [0.717, 1.165) is 0 Å². The van der Waals surface area contributed by atoms with Gasteiger partial charge in [0.05, 0.1) is 29.2 Å². The van der Waals surface area contributed by atoms with Gasteiger partial charge in [-0.3, -0.25) is 9.59 Å². The van der Waals surface area contributed by atoms with Crippen molar-refractivity contribution < 1.29 is 9.53 Å². The Morgan fingerprint density at radius 3 is 2.79 bits per heavy atom. The topological polar surface area (TPSA) is 75.3 Å². The van der Waals surface area contributed by atoms with Crippen molar-refractivity contribution in [1.82, 2.24) is 14.9 Å². The first kappa shape index (κ1) is 20.1. The predicted molar refractivity (Wildman–Crippen MR) is 117 cm³/mol. The van der Waals surface area contributed by atoms with Crippen LogP contribution in [0.4, 0.5) is 0 Å². The van der Waals surface area contributed by atoms with Crippen LogP contribution in [-0.4, -0.2) is 47.1 Å². The number of amides is 1. The summed E-state index contributed by atoms with van der Waals surface area (Å²) in [5, 5.41) is 0.520. The molecular formula is C21H23N3O3S2. The molecule has 8 heteroatoms. The predicted octanol–water partition coefficient (Wildman–Crippen LogP) is 3.67. The third-order valence-corrected chi connectivity index (χ3v) is 7.39. The summed E-state index contributed by atoms with van der Waals surface area (Å²) in [4.78, 5) is 37.4. The first-order valence-electron chi connectivity index (χ1n) is 9.53. The summed E-state index contributed by atoms with van der Waals surface area (Å²) < 4.78 is 5.33. The van der Waals surface area contributed by atoms with E-state index in [-0.39, 0.29) is 11.5 Å². The fourth-order valence-corrected chi connectivity index (χ4v) is 5.54. The van der Waals surface area contributed by atoms with Gasteiger partial charge in [0, 0.05) is 18.0 Å². The van der Waals surface area contributed by atoms with Crippen molar-refractivity contribution >= 4 is 39.2 Å². The maximum Gasteiger partial charge on any atom is 0.264 e. The maximum absolute atomic E-state index is 12.9. The molecule has 3 aromatic rings. The van der Waals surface area contributed by atoms with Gasteiger partial charge in [-0.25, -0.2) is 4.98 Å². The highest BCUT2D eigenvalue weighted by atomic mass is 32.2. The number of thiophene rings is 1. The van der Waals surface area contributed by atoms with Crippen LogP contribution >= 0.6 is 23.1 Å². The maximum atomic E-state index is 12.9. The van der Waals surface area contributed by atoms with Crippen LogP contribution in [0.1, 0.15) is 32.2 Å². The standard InChI is InChI=1S/C21H23N3O3S2/c1-12-4-5-13(2)15(10-12)28-11-16-22-19(25)17-14(3)18(29-20(17)23-16)21(26)24-6-8-27-9-7-24/h4-5,10H,6-9,11H2,1-3H3,(H,22,23,25). The first-order chi connectivity index (χ1) is 13.9. The zero-order valence-corrected chi connectivity index (χ0v) is 18.3. The van der Waals surface area contributed by atoms with Crippen molar-refractivity contribution in [2.45, 2.75) is 31.4 Å². The lowest BCUT2D eigenvalue weighted by atomic mass is 10.2. The van der Waals surface area contributed by atoms with Crippen molar-refractivity contribution in [3.05, 3.63) is 55.9 Å². The smallest absolute Gasteiger partial charge is 0.264 e. The van der Waals surface area contributed by atoms with Gasteiger partial charge in [-0.15, -0.1) is 23.1 Å². The van der Waals surface area contributed by atoms with Crippen LogP contribution in [0.2, 0.25) is 0 Å². The number of H-pyrrole nitrogens is 1. The number of aromatic nitrogens is 2. The number of thioether (sulfide) groups is 1. The molecule has 1 amide bonds. The highest BCUT2D eigenvalue weighted by Gasteiger charge is 2.25. The van der Waals surface area contributed by atoms with Gasteiger partial charge in [0.2, 0.25) is 0 Å². The molecule has 1 aromatic carbocycles. The fourth-order valence-electron chi connectivity index (χ4n) is 3.38. The second kappa shape index (κ2) is 8.30. The highest BCUT2D eigenvalue weighted by molar-refractivity contribution is 7.98. The Morgan fingerprint density at radius 2 is 2.03 bits per heavy atom. The minimum atomic E-state index is -0.179. The minimum Gasteiger partial charge on any atom is -0.378 e. The number of benzene rings is 1. The Bertz CT molecular complexity index is 1130. The van der Waals surface area contributed by atoms with E-state index in [1.54, 1.807) is 16.7 Å². The van der Waals surface area contributed by atoms with Gasteiger partial charge >= 0.3 is 0 Å². The first-order valence-corrected chi connectivity index (χ1v) is 11.3. The quantitative estimate of drug-likeness (QED) is 0.641. The number of aryl methyl sites for hydroxylation is 3. The average molecular weight is 430 g/mol. The van der Waals surface area contributed by atoms with Gasteiger partial charge < -0.3 is 14.6 Å². The number of fused-ring (bicyclic) bond motifs is 1. The van der Waals surface area contributed by atoms with E-state index in [1.807, 2.05) is 6.92 Å². The second-order valence-electron chi connectivity index (χ2n) is 7.21. The lowest BCUT2D eigenvalue weighted by molar-refractivity contribution is 0.0306. The number of hydrogen-bond acceptors (Lipinski definition) is 6. The molecule has 29 heavy (non-hydrogen) atoms. The van der Waals surface area contributed by atoms with Crippen LogP contribution in [-0.2, 0) is 10.5 Å². The lowest BCUT2D eigenvalue weighted by Crippen LogP contribution is -2.40.